The van der Waals surface area contributed by atoms with Crippen molar-refractivity contribution < 1.29 is 4.79 Å². The molecule has 4 heteroatoms. The highest BCUT2D eigenvalue weighted by atomic mass is 16.1. The molecular weight excluding hydrogens is 202 g/mol. The molecule has 1 aromatic carbocycles. The normalized spacial score (nSPS) is 14.4. The van der Waals surface area contributed by atoms with Crippen LogP contribution in [0.25, 0.3) is 0 Å². The average Bonchev–Trinajstić information content (AvgIpc) is 2.82. The average molecular weight is 215 g/mol. The lowest BCUT2D eigenvalue weighted by Crippen LogP contribution is -2.42. The van der Waals surface area contributed by atoms with Crippen LogP contribution in [0.2, 0.25) is 0 Å². The smallest absolute Gasteiger partial charge is 0.204 e. The lowest BCUT2D eigenvalue weighted by Gasteiger charge is -2.22. The first-order valence-corrected chi connectivity index (χ1v) is 5.00. The molecule has 1 aromatic heterocycles. The van der Waals surface area contributed by atoms with Gasteiger partial charge in [0.05, 0.1) is 12.5 Å². The first kappa shape index (κ1) is 10.6. The van der Waals surface area contributed by atoms with E-state index in [0.717, 1.165) is 5.56 Å². The maximum absolute atomic E-state index is 12.1. The van der Waals surface area contributed by atoms with Gasteiger partial charge in [-0.1, -0.05) is 30.3 Å². The zero-order valence-corrected chi connectivity index (χ0v) is 8.97. The van der Waals surface area contributed by atoms with Crippen LogP contribution in [0.5, 0.6) is 0 Å². The van der Waals surface area contributed by atoms with Crippen molar-refractivity contribution in [3.05, 3.63) is 54.1 Å². The standard InChI is InChI=1S/C12H13N3O/c1-12(13,9-5-3-2-4-6-9)11(16)10-7-14-8-15-10/h2-8H,13H2,1H3,(H,14,15). The molecule has 0 amide bonds. The zero-order chi connectivity index (χ0) is 11.6. The van der Waals surface area contributed by atoms with Crippen LogP contribution >= 0.6 is 0 Å². The van der Waals surface area contributed by atoms with Gasteiger partial charge in [-0.3, -0.25) is 4.79 Å². The topological polar surface area (TPSA) is 71.8 Å². The van der Waals surface area contributed by atoms with Crippen LogP contribution in [0.3, 0.4) is 0 Å². The molecule has 1 unspecified atom stereocenters. The Morgan fingerprint density at radius 1 is 1.38 bits per heavy atom. The number of rotatable bonds is 3. The summed E-state index contributed by atoms with van der Waals surface area (Å²) in [5.74, 6) is -0.170. The van der Waals surface area contributed by atoms with E-state index < -0.39 is 5.54 Å². The predicted molar refractivity (Wildman–Crippen MR) is 60.9 cm³/mol. The SMILES string of the molecule is CC(N)(C(=O)c1cnc[nH]1)c1ccccc1. The quantitative estimate of drug-likeness (QED) is 0.761. The lowest BCUT2D eigenvalue weighted by molar-refractivity contribution is 0.0895. The second-order valence-corrected chi connectivity index (χ2v) is 3.86. The number of Topliss-reactive ketones (excluding diaryl/α,β-unsaturated/α-hetero) is 1. The third-order valence-corrected chi connectivity index (χ3v) is 2.59. The van der Waals surface area contributed by atoms with Gasteiger partial charge in [-0.25, -0.2) is 4.98 Å². The Bertz CT molecular complexity index is 474. The molecule has 16 heavy (non-hydrogen) atoms. The van der Waals surface area contributed by atoms with Crippen molar-refractivity contribution in [3.63, 3.8) is 0 Å². The number of carbonyl (C=O) groups excluding carboxylic acids is 1. The summed E-state index contributed by atoms with van der Waals surface area (Å²) < 4.78 is 0. The van der Waals surface area contributed by atoms with Crippen molar-refractivity contribution in [2.45, 2.75) is 12.5 Å². The van der Waals surface area contributed by atoms with Gasteiger partial charge in [0.25, 0.3) is 0 Å². The van der Waals surface area contributed by atoms with E-state index in [9.17, 15) is 4.79 Å². The summed E-state index contributed by atoms with van der Waals surface area (Å²) >= 11 is 0. The highest BCUT2D eigenvalue weighted by molar-refractivity contribution is 6.01. The number of imidazole rings is 1. The highest BCUT2D eigenvalue weighted by Gasteiger charge is 2.31. The molecule has 2 rings (SSSR count). The minimum absolute atomic E-state index is 0.170. The minimum atomic E-state index is -1.03. The molecule has 0 fully saturated rings. The van der Waals surface area contributed by atoms with Gasteiger partial charge in [0.2, 0.25) is 5.78 Å². The zero-order valence-electron chi connectivity index (χ0n) is 8.97. The molecule has 0 aliphatic heterocycles. The van der Waals surface area contributed by atoms with E-state index in [0.29, 0.717) is 5.69 Å². The third kappa shape index (κ3) is 1.75. The van der Waals surface area contributed by atoms with Crippen LogP contribution in [-0.2, 0) is 5.54 Å². The summed E-state index contributed by atoms with van der Waals surface area (Å²) in [6.07, 6.45) is 2.95. The summed E-state index contributed by atoms with van der Waals surface area (Å²) in [6.45, 7) is 1.70. The molecule has 1 heterocycles. The fraction of sp³-hybridized carbons (Fsp3) is 0.167. The number of nitrogens with two attached hydrogens (primary N) is 1. The van der Waals surface area contributed by atoms with Gasteiger partial charge >= 0.3 is 0 Å². The van der Waals surface area contributed by atoms with Gasteiger partial charge in [-0.15, -0.1) is 0 Å². The van der Waals surface area contributed by atoms with Crippen molar-refractivity contribution in [2.24, 2.45) is 5.73 Å². The van der Waals surface area contributed by atoms with Gasteiger partial charge in [0.15, 0.2) is 0 Å². The summed E-state index contributed by atoms with van der Waals surface area (Å²) in [5.41, 5.74) is 6.25. The number of hydrogen-bond acceptors (Lipinski definition) is 3. The highest BCUT2D eigenvalue weighted by Crippen LogP contribution is 2.21. The molecule has 0 saturated carbocycles. The molecule has 4 nitrogen and oxygen atoms in total. The van der Waals surface area contributed by atoms with Crippen LogP contribution in [0.15, 0.2) is 42.9 Å². The monoisotopic (exact) mass is 215 g/mol. The van der Waals surface area contributed by atoms with E-state index in [1.165, 1.54) is 12.5 Å². The molecule has 0 aliphatic carbocycles. The maximum Gasteiger partial charge on any atom is 0.204 e. The molecule has 2 aromatic rings. The predicted octanol–water partition coefficient (Wildman–Crippen LogP) is 1.47. The molecule has 82 valence electrons. The van der Waals surface area contributed by atoms with Crippen LogP contribution in [0.4, 0.5) is 0 Å². The second kappa shape index (κ2) is 3.90. The molecule has 0 aliphatic rings. The number of benzene rings is 1. The summed E-state index contributed by atoms with van der Waals surface area (Å²) in [7, 11) is 0. The first-order chi connectivity index (χ1) is 7.62. The Morgan fingerprint density at radius 2 is 2.06 bits per heavy atom. The molecule has 0 spiro atoms. The van der Waals surface area contributed by atoms with Gasteiger partial charge < -0.3 is 10.7 Å². The van der Waals surface area contributed by atoms with Crippen molar-refractivity contribution in [1.29, 1.82) is 0 Å². The maximum atomic E-state index is 12.1. The largest absolute Gasteiger partial charge is 0.342 e. The van der Waals surface area contributed by atoms with E-state index >= 15 is 0 Å². The van der Waals surface area contributed by atoms with Crippen LogP contribution in [0.1, 0.15) is 23.0 Å². The van der Waals surface area contributed by atoms with E-state index in [1.54, 1.807) is 6.92 Å². The van der Waals surface area contributed by atoms with Crippen LogP contribution in [-0.4, -0.2) is 15.8 Å². The van der Waals surface area contributed by atoms with Crippen molar-refractivity contribution in [1.82, 2.24) is 9.97 Å². The van der Waals surface area contributed by atoms with Crippen LogP contribution in [0, 0.1) is 0 Å². The Balaban J connectivity index is 2.36. The van der Waals surface area contributed by atoms with Gasteiger partial charge in [-0.2, -0.15) is 0 Å². The number of carbonyl (C=O) groups is 1. The van der Waals surface area contributed by atoms with Gasteiger partial charge in [0, 0.05) is 0 Å². The summed E-state index contributed by atoms with van der Waals surface area (Å²) in [6, 6.07) is 9.30. The van der Waals surface area contributed by atoms with E-state index in [1.807, 2.05) is 30.3 Å². The number of ketones is 1. The lowest BCUT2D eigenvalue weighted by atomic mass is 9.87. The Kier molecular flexibility index (Phi) is 2.58. The molecule has 0 bridgehead atoms. The Morgan fingerprint density at radius 3 is 2.62 bits per heavy atom. The Labute approximate surface area is 93.5 Å². The molecular formula is C12H13N3O. The van der Waals surface area contributed by atoms with E-state index in [2.05, 4.69) is 9.97 Å². The van der Waals surface area contributed by atoms with Crippen molar-refractivity contribution in [3.8, 4) is 0 Å². The molecule has 0 saturated heterocycles. The number of nitrogens with one attached hydrogen (secondary N) is 1. The number of aromatic amines is 1. The number of hydrogen-bond donors (Lipinski definition) is 2. The van der Waals surface area contributed by atoms with Crippen LogP contribution < -0.4 is 5.73 Å². The first-order valence-electron chi connectivity index (χ1n) is 5.00. The minimum Gasteiger partial charge on any atom is -0.342 e. The van der Waals surface area contributed by atoms with Gasteiger partial charge in [0.1, 0.15) is 11.2 Å². The number of aromatic nitrogens is 2. The fourth-order valence-corrected chi connectivity index (χ4v) is 1.58. The van der Waals surface area contributed by atoms with Crippen molar-refractivity contribution in [2.75, 3.05) is 0 Å². The summed E-state index contributed by atoms with van der Waals surface area (Å²) in [4.78, 5) is 18.7. The summed E-state index contributed by atoms with van der Waals surface area (Å²) in [5, 5.41) is 0. The Hall–Kier alpha value is -1.94. The number of H-pyrrole nitrogens is 1. The fourth-order valence-electron chi connectivity index (χ4n) is 1.58. The molecule has 0 radical (unpaired) electrons. The van der Waals surface area contributed by atoms with Crippen molar-refractivity contribution >= 4 is 5.78 Å². The number of nitrogens with zero attached hydrogens (tertiary/aromatic N) is 1. The van der Waals surface area contributed by atoms with Gasteiger partial charge in [-0.05, 0) is 12.5 Å². The molecule has 1 atom stereocenters. The van der Waals surface area contributed by atoms with E-state index in [-0.39, 0.29) is 5.78 Å². The molecule has 3 N–H and O–H groups in total. The second-order valence-electron chi connectivity index (χ2n) is 3.86. The van der Waals surface area contributed by atoms with E-state index in [4.69, 9.17) is 5.73 Å². The third-order valence-electron chi connectivity index (χ3n) is 2.59.